The Labute approximate surface area is 179 Å². The van der Waals surface area contributed by atoms with Gasteiger partial charge in [0.25, 0.3) is 15.8 Å². The molecule has 9 heteroatoms. The summed E-state index contributed by atoms with van der Waals surface area (Å²) < 4.78 is 53.0. The second-order valence-electron chi connectivity index (χ2n) is 6.96. The zero-order valence-electron chi connectivity index (χ0n) is 16.3. The van der Waals surface area contributed by atoms with Crippen molar-refractivity contribution in [3.63, 3.8) is 0 Å². The van der Waals surface area contributed by atoms with E-state index in [2.05, 4.69) is 10.0 Å². The van der Waals surface area contributed by atoms with Crippen LogP contribution in [-0.4, -0.2) is 20.1 Å². The number of thioether (sulfide) groups is 1. The van der Waals surface area contributed by atoms with Gasteiger partial charge in [-0.25, -0.2) is 8.42 Å². The minimum atomic E-state index is -3.93. The van der Waals surface area contributed by atoms with Crippen LogP contribution in [-0.2, 0) is 14.8 Å². The molecule has 2 N–H and O–H groups in total. The average molecular weight is 453 g/mol. The largest absolute Gasteiger partial charge is 0.326 e. The number of aryl methyl sites for hydroxylation is 1. The van der Waals surface area contributed by atoms with Gasteiger partial charge < -0.3 is 5.32 Å². The molecule has 1 amide bonds. The van der Waals surface area contributed by atoms with E-state index < -0.39 is 15.8 Å². The number of benzene rings is 2. The quantitative estimate of drug-likeness (QED) is 0.435. The summed E-state index contributed by atoms with van der Waals surface area (Å²) in [6, 6.07) is 10.4. The fourth-order valence-corrected chi connectivity index (χ4v) is 4.99. The Morgan fingerprint density at radius 2 is 1.80 bits per heavy atom. The summed E-state index contributed by atoms with van der Waals surface area (Å²) in [7, 11) is -3.93. The maximum Gasteiger partial charge on any atom is 0.288 e. The van der Waals surface area contributed by atoms with E-state index in [9.17, 15) is 22.0 Å². The number of rotatable bonds is 7. The highest BCUT2D eigenvalue weighted by Gasteiger charge is 2.21. The molecular weight excluding hydrogens is 430 g/mol. The molecule has 3 rings (SSSR count). The Bertz CT molecular complexity index is 1040. The zero-order chi connectivity index (χ0) is 21.7. The first-order valence-electron chi connectivity index (χ1n) is 9.39. The van der Waals surface area contributed by atoms with Crippen molar-refractivity contribution in [3.8, 4) is 0 Å². The fourth-order valence-electron chi connectivity index (χ4n) is 3.16. The van der Waals surface area contributed by atoms with Crippen LogP contribution in [0.1, 0.15) is 24.8 Å². The molecule has 0 radical (unpaired) electrons. The molecule has 2 aromatic rings. The lowest BCUT2D eigenvalue weighted by Crippen LogP contribution is -2.23. The van der Waals surface area contributed by atoms with Gasteiger partial charge >= 0.3 is 0 Å². The minimum Gasteiger partial charge on any atom is -0.326 e. The van der Waals surface area contributed by atoms with Gasteiger partial charge in [-0.2, -0.15) is 8.78 Å². The summed E-state index contributed by atoms with van der Waals surface area (Å²) in [5.41, 5.74) is 1.19. The van der Waals surface area contributed by atoms with Crippen molar-refractivity contribution in [2.75, 3.05) is 10.0 Å². The van der Waals surface area contributed by atoms with E-state index in [4.69, 9.17) is 0 Å². The van der Waals surface area contributed by atoms with E-state index in [0.29, 0.717) is 34.3 Å². The Balaban J connectivity index is 1.75. The van der Waals surface area contributed by atoms with Crippen molar-refractivity contribution in [1.29, 1.82) is 0 Å². The Morgan fingerprint density at radius 1 is 1.10 bits per heavy atom. The second kappa shape index (κ2) is 9.61. The summed E-state index contributed by atoms with van der Waals surface area (Å²) in [5.74, 6) is -2.80. The Kier molecular flexibility index (Phi) is 7.14. The molecule has 0 saturated heterocycles. The first-order valence-corrected chi connectivity index (χ1v) is 11.7. The molecule has 0 aliphatic heterocycles. The molecule has 0 saturated carbocycles. The third-order valence-electron chi connectivity index (χ3n) is 4.72. The molecular formula is C21H22F2N2O3S2. The number of amides is 1. The summed E-state index contributed by atoms with van der Waals surface area (Å²) in [6.07, 6.45) is 6.31. The lowest BCUT2D eigenvalue weighted by molar-refractivity contribution is -0.120. The number of hydrogen-bond acceptors (Lipinski definition) is 4. The summed E-state index contributed by atoms with van der Waals surface area (Å²) in [4.78, 5) is 12.8. The van der Waals surface area contributed by atoms with Crippen LogP contribution in [0.4, 0.5) is 20.2 Å². The predicted molar refractivity (Wildman–Crippen MR) is 115 cm³/mol. The van der Waals surface area contributed by atoms with Crippen molar-refractivity contribution < 1.29 is 22.0 Å². The molecule has 1 atom stereocenters. The number of allylic oxidation sites excluding steroid dienone is 2. The number of sulfonamides is 1. The summed E-state index contributed by atoms with van der Waals surface area (Å²) in [6.45, 7) is 1.66. The maximum absolute atomic E-state index is 12.9. The van der Waals surface area contributed by atoms with Crippen molar-refractivity contribution in [1.82, 2.24) is 0 Å². The van der Waals surface area contributed by atoms with Gasteiger partial charge in [0.05, 0.1) is 4.90 Å². The molecule has 160 valence electrons. The predicted octanol–water partition coefficient (Wildman–Crippen LogP) is 5.41. The van der Waals surface area contributed by atoms with Gasteiger partial charge in [-0.3, -0.25) is 9.52 Å². The number of anilines is 2. The van der Waals surface area contributed by atoms with Crippen molar-refractivity contribution in [2.24, 2.45) is 5.92 Å². The van der Waals surface area contributed by atoms with Crippen LogP contribution in [0.3, 0.4) is 0 Å². The normalized spacial score (nSPS) is 16.5. The molecule has 5 nitrogen and oxygen atoms in total. The zero-order valence-corrected chi connectivity index (χ0v) is 17.9. The number of carbonyl (C=O) groups is 1. The second-order valence-corrected chi connectivity index (χ2v) is 9.67. The highest BCUT2D eigenvalue weighted by atomic mass is 32.2. The number of carbonyl (C=O) groups excluding carboxylic acids is 1. The Morgan fingerprint density at radius 3 is 2.43 bits per heavy atom. The topological polar surface area (TPSA) is 75.3 Å². The van der Waals surface area contributed by atoms with Crippen molar-refractivity contribution in [2.45, 2.75) is 41.7 Å². The van der Waals surface area contributed by atoms with E-state index >= 15 is 0 Å². The molecule has 1 aliphatic carbocycles. The highest BCUT2D eigenvalue weighted by molar-refractivity contribution is 7.99. The molecule has 0 aromatic heterocycles. The van der Waals surface area contributed by atoms with E-state index in [1.165, 1.54) is 30.3 Å². The first-order chi connectivity index (χ1) is 14.2. The smallest absolute Gasteiger partial charge is 0.288 e. The number of halogens is 2. The maximum atomic E-state index is 12.9. The third-order valence-corrected chi connectivity index (χ3v) is 6.96. The van der Waals surface area contributed by atoms with Crippen LogP contribution in [0.15, 0.2) is 64.4 Å². The lowest BCUT2D eigenvalue weighted by Gasteiger charge is -2.18. The molecule has 2 aromatic carbocycles. The van der Waals surface area contributed by atoms with Gasteiger partial charge in [0.15, 0.2) is 0 Å². The fraction of sp³-hybridized carbons (Fsp3) is 0.286. The molecule has 0 spiro atoms. The molecule has 0 fully saturated rings. The van der Waals surface area contributed by atoms with Gasteiger partial charge in [-0.05, 0) is 68.1 Å². The molecule has 1 aliphatic rings. The van der Waals surface area contributed by atoms with E-state index in [0.717, 1.165) is 12.8 Å². The lowest BCUT2D eigenvalue weighted by atomic mass is 9.93. The number of alkyl halides is 2. The third kappa shape index (κ3) is 5.82. The van der Waals surface area contributed by atoms with Crippen LogP contribution in [0.5, 0.6) is 0 Å². The van der Waals surface area contributed by atoms with Crippen molar-refractivity contribution >= 4 is 39.1 Å². The minimum absolute atomic E-state index is 0.0369. The standard InChI is InChI=1S/C21H22F2N2O3S2/c1-14-7-8-17(24-20(26)15-5-3-2-4-6-15)13-19(14)30(27,28)25-16-9-11-18(12-10-16)29-21(22)23/h2-3,7-13,15,21,25H,4-6H2,1H3,(H,24,26). The summed E-state index contributed by atoms with van der Waals surface area (Å²) >= 11 is 0.388. The van der Waals surface area contributed by atoms with Gasteiger partial charge in [-0.1, -0.05) is 30.0 Å². The number of hydrogen-bond donors (Lipinski definition) is 2. The van der Waals surface area contributed by atoms with Crippen LogP contribution >= 0.6 is 11.8 Å². The van der Waals surface area contributed by atoms with Crippen molar-refractivity contribution in [3.05, 3.63) is 60.2 Å². The van der Waals surface area contributed by atoms with E-state index in [1.807, 2.05) is 12.2 Å². The van der Waals surface area contributed by atoms with Crippen LogP contribution in [0.2, 0.25) is 0 Å². The van der Waals surface area contributed by atoms with Gasteiger partial charge in [-0.15, -0.1) is 0 Å². The Hall–Kier alpha value is -2.39. The van der Waals surface area contributed by atoms with Crippen LogP contribution in [0, 0.1) is 12.8 Å². The van der Waals surface area contributed by atoms with Gasteiger partial charge in [0.2, 0.25) is 5.91 Å². The van der Waals surface area contributed by atoms with Crippen LogP contribution in [0.25, 0.3) is 0 Å². The molecule has 1 unspecified atom stereocenters. The first kappa shape index (κ1) is 22.3. The van der Waals surface area contributed by atoms with Gasteiger partial charge in [0.1, 0.15) is 0 Å². The molecule has 0 heterocycles. The summed E-state index contributed by atoms with van der Waals surface area (Å²) in [5, 5.41) is 2.80. The van der Waals surface area contributed by atoms with Gasteiger partial charge in [0, 0.05) is 22.2 Å². The SMILES string of the molecule is Cc1ccc(NC(=O)C2CC=CCC2)cc1S(=O)(=O)Nc1ccc(SC(F)F)cc1. The van der Waals surface area contributed by atoms with E-state index in [-0.39, 0.29) is 22.4 Å². The van der Waals surface area contributed by atoms with Crippen LogP contribution < -0.4 is 10.0 Å². The molecule has 0 bridgehead atoms. The monoisotopic (exact) mass is 452 g/mol. The number of nitrogens with one attached hydrogen (secondary N) is 2. The van der Waals surface area contributed by atoms with E-state index in [1.54, 1.807) is 19.1 Å². The highest BCUT2D eigenvalue weighted by Crippen LogP contribution is 2.28. The average Bonchev–Trinajstić information content (AvgIpc) is 2.71. The molecule has 30 heavy (non-hydrogen) atoms.